The first-order chi connectivity index (χ1) is 12.2. The number of hydrazine groups is 1. The number of piperidine rings is 1. The van der Waals surface area contributed by atoms with Crippen molar-refractivity contribution < 1.29 is 10.2 Å². The van der Waals surface area contributed by atoms with E-state index in [1.807, 2.05) is 12.1 Å². The Morgan fingerprint density at radius 3 is 2.56 bits per heavy atom. The van der Waals surface area contributed by atoms with Crippen molar-refractivity contribution in [2.24, 2.45) is 5.73 Å². The summed E-state index contributed by atoms with van der Waals surface area (Å²) in [4.78, 5) is 2.44. The molecule has 0 amide bonds. The molecule has 0 aromatic heterocycles. The van der Waals surface area contributed by atoms with E-state index in [1.165, 1.54) is 5.56 Å². The lowest BCUT2D eigenvalue weighted by Crippen LogP contribution is -2.38. The lowest BCUT2D eigenvalue weighted by atomic mass is 10.1. The van der Waals surface area contributed by atoms with Gasteiger partial charge in [0.25, 0.3) is 0 Å². The van der Waals surface area contributed by atoms with Crippen molar-refractivity contribution in [2.75, 3.05) is 31.5 Å². The number of hydrogen-bond acceptors (Lipinski definition) is 7. The van der Waals surface area contributed by atoms with E-state index in [9.17, 15) is 10.2 Å². The predicted molar refractivity (Wildman–Crippen MR) is 98.8 cm³/mol. The fourth-order valence-corrected chi connectivity index (χ4v) is 3.31. The maximum atomic E-state index is 10.0. The molecule has 2 heterocycles. The lowest BCUT2D eigenvalue weighted by Gasteiger charge is -2.29. The van der Waals surface area contributed by atoms with Gasteiger partial charge in [0.1, 0.15) is 0 Å². The number of hydrogen-bond donors (Lipinski definition) is 6. The molecule has 3 rings (SSSR count). The van der Waals surface area contributed by atoms with Crippen molar-refractivity contribution in [3.05, 3.63) is 41.3 Å². The van der Waals surface area contributed by atoms with Gasteiger partial charge in [0.15, 0.2) is 11.9 Å². The van der Waals surface area contributed by atoms with Crippen molar-refractivity contribution in [2.45, 2.75) is 38.0 Å². The summed E-state index contributed by atoms with van der Waals surface area (Å²) in [6.07, 6.45) is 3.51. The SMILES string of the molecule is NCC1=C(O)C(Nc2ccc(CCCN3CCC(O)CC3)cc2)NN1. The van der Waals surface area contributed by atoms with Crippen LogP contribution in [0.2, 0.25) is 0 Å². The molecule has 1 aromatic rings. The highest BCUT2D eigenvalue weighted by Gasteiger charge is 2.23. The van der Waals surface area contributed by atoms with Crippen molar-refractivity contribution >= 4 is 5.69 Å². The Balaban J connectivity index is 1.42. The summed E-state index contributed by atoms with van der Waals surface area (Å²) in [5.74, 6) is 0.207. The van der Waals surface area contributed by atoms with Gasteiger partial charge in [-0.05, 0) is 49.9 Å². The van der Waals surface area contributed by atoms with Gasteiger partial charge in [-0.15, -0.1) is 0 Å². The minimum atomic E-state index is -0.362. The van der Waals surface area contributed by atoms with Crippen LogP contribution in [0.1, 0.15) is 24.8 Å². The van der Waals surface area contributed by atoms with Crippen molar-refractivity contribution in [1.82, 2.24) is 15.8 Å². The molecule has 2 aliphatic rings. The number of anilines is 1. The Bertz CT molecular complexity index is 582. The standard InChI is InChI=1S/C18H29N5O2/c19-12-16-17(25)18(22-21-16)20-14-5-3-13(4-6-14)2-1-9-23-10-7-15(24)8-11-23/h3-6,15,18,20-22,24-25H,1-2,7-12,19H2. The summed E-state index contributed by atoms with van der Waals surface area (Å²) in [6, 6.07) is 8.30. The van der Waals surface area contributed by atoms with Gasteiger partial charge >= 0.3 is 0 Å². The minimum absolute atomic E-state index is 0.101. The highest BCUT2D eigenvalue weighted by Crippen LogP contribution is 2.16. The Kier molecular flexibility index (Phi) is 6.14. The quantitative estimate of drug-likeness (QED) is 0.430. The van der Waals surface area contributed by atoms with Crippen LogP contribution in [-0.2, 0) is 6.42 Å². The third-order valence-corrected chi connectivity index (χ3v) is 4.92. The van der Waals surface area contributed by atoms with E-state index in [0.29, 0.717) is 5.70 Å². The van der Waals surface area contributed by atoms with Gasteiger partial charge in [-0.2, -0.15) is 0 Å². The number of aliphatic hydroxyl groups excluding tert-OH is 2. The van der Waals surface area contributed by atoms with Crippen LogP contribution < -0.4 is 21.9 Å². The van der Waals surface area contributed by atoms with Gasteiger partial charge in [0, 0.05) is 25.3 Å². The van der Waals surface area contributed by atoms with Crippen LogP contribution >= 0.6 is 0 Å². The van der Waals surface area contributed by atoms with Gasteiger partial charge in [-0.25, -0.2) is 5.43 Å². The fraction of sp³-hybridized carbons (Fsp3) is 0.556. The predicted octanol–water partition coefficient (Wildman–Crippen LogP) is 0.650. The zero-order valence-corrected chi connectivity index (χ0v) is 14.5. The van der Waals surface area contributed by atoms with Crippen LogP contribution in [-0.4, -0.2) is 53.6 Å². The normalized spacial score (nSPS) is 22.2. The summed E-state index contributed by atoms with van der Waals surface area (Å²) < 4.78 is 0. The van der Waals surface area contributed by atoms with Gasteiger partial charge < -0.3 is 31.6 Å². The molecule has 0 radical (unpaired) electrons. The number of benzene rings is 1. The molecule has 1 atom stereocenters. The van der Waals surface area contributed by atoms with Crippen LogP contribution in [0.15, 0.2) is 35.7 Å². The molecule has 138 valence electrons. The molecule has 7 nitrogen and oxygen atoms in total. The molecule has 2 aliphatic heterocycles. The maximum Gasteiger partial charge on any atom is 0.154 e. The number of nitrogens with two attached hydrogens (primary N) is 1. The van der Waals surface area contributed by atoms with Crippen LogP contribution in [0.5, 0.6) is 0 Å². The first kappa shape index (κ1) is 18.0. The van der Waals surface area contributed by atoms with Gasteiger partial charge in [-0.1, -0.05) is 12.1 Å². The second kappa shape index (κ2) is 8.53. The minimum Gasteiger partial charge on any atom is -0.507 e. The molecule has 1 fully saturated rings. The average molecular weight is 347 g/mol. The van der Waals surface area contributed by atoms with E-state index >= 15 is 0 Å². The van der Waals surface area contributed by atoms with Gasteiger partial charge in [0.05, 0.1) is 11.8 Å². The Morgan fingerprint density at radius 1 is 1.20 bits per heavy atom. The van der Waals surface area contributed by atoms with Crippen molar-refractivity contribution in [3.8, 4) is 0 Å². The van der Waals surface area contributed by atoms with E-state index in [2.05, 4.69) is 33.2 Å². The highest BCUT2D eigenvalue weighted by molar-refractivity contribution is 5.47. The summed E-state index contributed by atoms with van der Waals surface area (Å²) in [5, 5.41) is 22.8. The molecule has 1 unspecified atom stereocenters. The molecular formula is C18H29N5O2. The van der Waals surface area contributed by atoms with Crippen LogP contribution in [0, 0.1) is 0 Å². The molecule has 7 heteroatoms. The second-order valence-corrected chi connectivity index (χ2v) is 6.79. The largest absolute Gasteiger partial charge is 0.507 e. The third-order valence-electron chi connectivity index (χ3n) is 4.92. The summed E-state index contributed by atoms with van der Waals surface area (Å²) >= 11 is 0. The zero-order valence-electron chi connectivity index (χ0n) is 14.5. The summed E-state index contributed by atoms with van der Waals surface area (Å²) in [6.45, 7) is 3.37. The molecular weight excluding hydrogens is 318 g/mol. The Labute approximate surface area is 148 Å². The van der Waals surface area contributed by atoms with Crippen molar-refractivity contribution in [1.29, 1.82) is 0 Å². The molecule has 7 N–H and O–H groups in total. The number of nitrogens with zero attached hydrogens (tertiary/aromatic N) is 1. The zero-order chi connectivity index (χ0) is 17.6. The molecule has 25 heavy (non-hydrogen) atoms. The third kappa shape index (κ3) is 4.85. The second-order valence-electron chi connectivity index (χ2n) is 6.79. The number of likely N-dealkylation sites (tertiary alicyclic amines) is 1. The van der Waals surface area contributed by atoms with E-state index in [0.717, 1.165) is 51.0 Å². The van der Waals surface area contributed by atoms with E-state index in [-0.39, 0.29) is 24.6 Å². The molecule has 0 aliphatic carbocycles. The average Bonchev–Trinajstić information content (AvgIpc) is 2.98. The van der Waals surface area contributed by atoms with Crippen molar-refractivity contribution in [3.63, 3.8) is 0 Å². The molecule has 0 saturated carbocycles. The van der Waals surface area contributed by atoms with Crippen LogP contribution in [0.4, 0.5) is 5.69 Å². The Morgan fingerprint density at radius 2 is 1.92 bits per heavy atom. The summed E-state index contributed by atoms with van der Waals surface area (Å²) in [7, 11) is 0. The van der Waals surface area contributed by atoms with E-state index in [1.54, 1.807) is 0 Å². The molecule has 0 bridgehead atoms. The van der Waals surface area contributed by atoms with Gasteiger partial charge in [-0.3, -0.25) is 0 Å². The van der Waals surface area contributed by atoms with Crippen LogP contribution in [0.25, 0.3) is 0 Å². The van der Waals surface area contributed by atoms with E-state index in [4.69, 9.17) is 5.73 Å². The number of aliphatic hydroxyl groups is 2. The highest BCUT2D eigenvalue weighted by atomic mass is 16.3. The lowest BCUT2D eigenvalue weighted by molar-refractivity contribution is 0.0821. The Hall–Kier alpha value is -1.80. The molecule has 1 saturated heterocycles. The van der Waals surface area contributed by atoms with E-state index < -0.39 is 0 Å². The number of aryl methyl sites for hydroxylation is 1. The maximum absolute atomic E-state index is 10.0. The topological polar surface area (TPSA) is 106 Å². The fourth-order valence-electron chi connectivity index (χ4n) is 3.31. The van der Waals surface area contributed by atoms with Crippen LogP contribution in [0.3, 0.4) is 0 Å². The first-order valence-corrected chi connectivity index (χ1v) is 9.05. The monoisotopic (exact) mass is 347 g/mol. The van der Waals surface area contributed by atoms with Gasteiger partial charge in [0.2, 0.25) is 0 Å². The summed E-state index contributed by atoms with van der Waals surface area (Å²) in [5.41, 5.74) is 14.2. The smallest absolute Gasteiger partial charge is 0.154 e. The number of rotatable bonds is 7. The first-order valence-electron chi connectivity index (χ1n) is 9.05. The number of nitrogens with one attached hydrogen (secondary N) is 3. The molecule has 0 spiro atoms. The molecule has 1 aromatic carbocycles.